The highest BCUT2D eigenvalue weighted by atomic mass is 32.2. The topological polar surface area (TPSA) is 69.7 Å². The summed E-state index contributed by atoms with van der Waals surface area (Å²) in [7, 11) is -3.69. The number of piperazine rings is 1. The minimum Gasteiger partial charge on any atom is -0.331 e. The van der Waals surface area contributed by atoms with Crippen LogP contribution in [0.1, 0.15) is 24.4 Å². The molecule has 0 radical (unpaired) electrons. The Hall–Kier alpha value is -2.45. The molecule has 0 bridgehead atoms. The highest BCUT2D eigenvalue weighted by molar-refractivity contribution is 7.89. The predicted molar refractivity (Wildman–Crippen MR) is 107 cm³/mol. The quantitative estimate of drug-likeness (QED) is 0.813. The largest absolute Gasteiger partial charge is 0.331 e. The summed E-state index contributed by atoms with van der Waals surface area (Å²) in [5.41, 5.74) is 1.10. The van der Waals surface area contributed by atoms with E-state index in [2.05, 4.69) is 5.32 Å². The summed E-state index contributed by atoms with van der Waals surface area (Å²) in [5.74, 6) is -0.0180. The molecule has 1 heterocycles. The number of hydrogen-bond acceptors (Lipinski definition) is 3. The molecule has 2 fully saturated rings. The normalized spacial score (nSPS) is 19.0. The number of nitrogens with zero attached hydrogens (tertiary/aromatic N) is 2. The van der Waals surface area contributed by atoms with Crippen LogP contribution in [-0.4, -0.2) is 49.8 Å². The molecule has 1 aliphatic carbocycles. The van der Waals surface area contributed by atoms with Crippen molar-refractivity contribution < 1.29 is 17.6 Å². The minimum absolute atomic E-state index is 0.00956. The molecule has 1 N–H and O–H groups in total. The second-order valence-corrected chi connectivity index (χ2v) is 9.46. The van der Waals surface area contributed by atoms with E-state index in [1.807, 2.05) is 30.3 Å². The average Bonchev–Trinajstić information content (AvgIpc) is 3.58. The van der Waals surface area contributed by atoms with Crippen molar-refractivity contribution in [2.24, 2.45) is 5.92 Å². The van der Waals surface area contributed by atoms with Gasteiger partial charge in [0, 0.05) is 26.2 Å². The number of carbonyl (C=O) groups excluding carboxylic acids is 1. The summed E-state index contributed by atoms with van der Waals surface area (Å²) < 4.78 is 39.9. The van der Waals surface area contributed by atoms with E-state index in [1.54, 1.807) is 4.90 Å². The molecule has 0 aromatic heterocycles. The van der Waals surface area contributed by atoms with Gasteiger partial charge in [0.1, 0.15) is 5.82 Å². The van der Waals surface area contributed by atoms with Crippen molar-refractivity contribution in [3.05, 3.63) is 66.0 Å². The van der Waals surface area contributed by atoms with Crippen LogP contribution in [0, 0.1) is 11.7 Å². The van der Waals surface area contributed by atoms with Crippen molar-refractivity contribution in [2.75, 3.05) is 26.2 Å². The molecule has 1 aliphatic heterocycles. The number of halogens is 1. The molecule has 4 rings (SSSR count). The monoisotopic (exact) mass is 417 g/mol. The number of benzene rings is 2. The molecule has 1 saturated heterocycles. The van der Waals surface area contributed by atoms with E-state index in [0.717, 1.165) is 30.5 Å². The van der Waals surface area contributed by atoms with Gasteiger partial charge in [-0.25, -0.2) is 17.6 Å². The Labute approximate surface area is 170 Å². The third kappa shape index (κ3) is 4.43. The van der Waals surface area contributed by atoms with Crippen LogP contribution in [0.4, 0.5) is 9.18 Å². The fourth-order valence-electron chi connectivity index (χ4n) is 3.67. The Morgan fingerprint density at radius 2 is 1.59 bits per heavy atom. The number of urea groups is 1. The lowest BCUT2D eigenvalue weighted by molar-refractivity contribution is 0.167. The van der Waals surface area contributed by atoms with Gasteiger partial charge in [-0.05, 0) is 48.6 Å². The van der Waals surface area contributed by atoms with Crippen LogP contribution < -0.4 is 5.32 Å². The van der Waals surface area contributed by atoms with E-state index in [0.29, 0.717) is 19.0 Å². The molecule has 0 spiro atoms. The molecule has 1 saturated carbocycles. The standard InChI is InChI=1S/C21H24FN3O3S/c22-18-8-10-19(11-9-18)29(27,28)25-14-12-24(13-15-25)21(26)23-20(17-6-7-17)16-4-2-1-3-5-16/h1-5,8-11,17,20H,6-7,12-15H2,(H,23,26). The van der Waals surface area contributed by atoms with E-state index in [-0.39, 0.29) is 30.1 Å². The van der Waals surface area contributed by atoms with Crippen molar-refractivity contribution in [3.63, 3.8) is 0 Å². The molecule has 154 valence electrons. The molecule has 29 heavy (non-hydrogen) atoms. The Kier molecular flexibility index (Phi) is 5.56. The van der Waals surface area contributed by atoms with Crippen molar-refractivity contribution in [1.82, 2.24) is 14.5 Å². The van der Waals surface area contributed by atoms with E-state index in [4.69, 9.17) is 0 Å². The first-order valence-electron chi connectivity index (χ1n) is 9.81. The summed E-state index contributed by atoms with van der Waals surface area (Å²) >= 11 is 0. The number of amides is 2. The van der Waals surface area contributed by atoms with Gasteiger partial charge in [0.15, 0.2) is 0 Å². The maximum Gasteiger partial charge on any atom is 0.317 e. The molecule has 1 atom stereocenters. The first-order chi connectivity index (χ1) is 13.9. The summed E-state index contributed by atoms with van der Waals surface area (Å²) in [4.78, 5) is 14.5. The molecule has 2 aromatic carbocycles. The van der Waals surface area contributed by atoms with Gasteiger partial charge in [0.05, 0.1) is 10.9 Å². The highest BCUT2D eigenvalue weighted by Gasteiger charge is 2.35. The van der Waals surface area contributed by atoms with Gasteiger partial charge in [-0.2, -0.15) is 4.31 Å². The number of nitrogens with one attached hydrogen (secondary N) is 1. The Balaban J connectivity index is 1.37. The first kappa shape index (κ1) is 19.8. The number of hydrogen-bond donors (Lipinski definition) is 1. The Morgan fingerprint density at radius 1 is 0.966 bits per heavy atom. The molecular weight excluding hydrogens is 393 g/mol. The van der Waals surface area contributed by atoms with Gasteiger partial charge in [-0.3, -0.25) is 0 Å². The minimum atomic E-state index is -3.69. The van der Waals surface area contributed by atoms with Crippen LogP contribution in [0.3, 0.4) is 0 Å². The number of rotatable bonds is 5. The SMILES string of the molecule is O=C(NC(c1ccccc1)C1CC1)N1CCN(S(=O)(=O)c2ccc(F)cc2)CC1. The fourth-order valence-corrected chi connectivity index (χ4v) is 5.10. The van der Waals surface area contributed by atoms with Crippen LogP contribution in [-0.2, 0) is 10.0 Å². The van der Waals surface area contributed by atoms with Gasteiger partial charge in [-0.15, -0.1) is 0 Å². The average molecular weight is 418 g/mol. The third-order valence-electron chi connectivity index (χ3n) is 5.51. The van der Waals surface area contributed by atoms with Crippen LogP contribution in [0.2, 0.25) is 0 Å². The van der Waals surface area contributed by atoms with E-state index >= 15 is 0 Å². The lowest BCUT2D eigenvalue weighted by atomic mass is 10.0. The zero-order chi connectivity index (χ0) is 20.4. The summed E-state index contributed by atoms with van der Waals surface area (Å²) in [5, 5.41) is 3.13. The van der Waals surface area contributed by atoms with Crippen molar-refractivity contribution in [2.45, 2.75) is 23.8 Å². The zero-order valence-corrected chi connectivity index (χ0v) is 16.8. The second kappa shape index (κ2) is 8.12. The lowest BCUT2D eigenvalue weighted by Crippen LogP contribution is -2.53. The van der Waals surface area contributed by atoms with Crippen molar-refractivity contribution in [3.8, 4) is 0 Å². The van der Waals surface area contributed by atoms with Crippen LogP contribution >= 0.6 is 0 Å². The van der Waals surface area contributed by atoms with Gasteiger partial charge >= 0.3 is 6.03 Å². The van der Waals surface area contributed by atoms with Crippen LogP contribution in [0.15, 0.2) is 59.5 Å². The van der Waals surface area contributed by atoms with Crippen molar-refractivity contribution >= 4 is 16.1 Å². The van der Waals surface area contributed by atoms with E-state index in [9.17, 15) is 17.6 Å². The zero-order valence-electron chi connectivity index (χ0n) is 16.0. The molecule has 2 amide bonds. The highest BCUT2D eigenvalue weighted by Crippen LogP contribution is 2.41. The molecule has 1 unspecified atom stereocenters. The predicted octanol–water partition coefficient (Wildman–Crippen LogP) is 2.99. The Bertz CT molecular complexity index is 954. The van der Waals surface area contributed by atoms with Crippen LogP contribution in [0.25, 0.3) is 0 Å². The smallest absolute Gasteiger partial charge is 0.317 e. The van der Waals surface area contributed by atoms with Gasteiger partial charge in [0.25, 0.3) is 0 Å². The van der Waals surface area contributed by atoms with Crippen LogP contribution in [0.5, 0.6) is 0 Å². The molecule has 6 nitrogen and oxygen atoms in total. The number of sulfonamides is 1. The molecule has 2 aromatic rings. The lowest BCUT2D eigenvalue weighted by Gasteiger charge is -2.35. The summed E-state index contributed by atoms with van der Waals surface area (Å²) in [6.45, 7) is 1.07. The maximum absolute atomic E-state index is 13.1. The Morgan fingerprint density at radius 3 is 2.17 bits per heavy atom. The second-order valence-electron chi connectivity index (χ2n) is 7.52. The number of carbonyl (C=O) groups is 1. The van der Waals surface area contributed by atoms with Gasteiger partial charge in [0.2, 0.25) is 10.0 Å². The fraction of sp³-hybridized carbons (Fsp3) is 0.381. The van der Waals surface area contributed by atoms with E-state index < -0.39 is 15.8 Å². The van der Waals surface area contributed by atoms with Gasteiger partial charge in [-0.1, -0.05) is 30.3 Å². The first-order valence-corrected chi connectivity index (χ1v) is 11.3. The molecule has 8 heteroatoms. The maximum atomic E-state index is 13.1. The van der Waals surface area contributed by atoms with Crippen molar-refractivity contribution in [1.29, 1.82) is 0 Å². The van der Waals surface area contributed by atoms with Gasteiger partial charge < -0.3 is 10.2 Å². The summed E-state index contributed by atoms with van der Waals surface area (Å²) in [6, 6.07) is 14.6. The van der Waals surface area contributed by atoms with E-state index in [1.165, 1.54) is 16.4 Å². The molecule has 2 aliphatic rings. The molecular formula is C21H24FN3O3S. The third-order valence-corrected chi connectivity index (χ3v) is 7.42. The summed E-state index contributed by atoms with van der Waals surface area (Å²) in [6.07, 6.45) is 2.20.